The zero-order valence-electron chi connectivity index (χ0n) is 18.2. The molecule has 0 bridgehead atoms. The van der Waals surface area contributed by atoms with Crippen LogP contribution in [0.4, 0.5) is 5.69 Å². The Labute approximate surface area is 187 Å². The molecule has 9 heteroatoms. The lowest BCUT2D eigenvalue weighted by Crippen LogP contribution is -2.48. The van der Waals surface area contributed by atoms with E-state index in [0.29, 0.717) is 11.3 Å². The van der Waals surface area contributed by atoms with E-state index < -0.39 is 12.0 Å². The number of carbonyl (C=O) groups excluding carboxylic acids is 2. The van der Waals surface area contributed by atoms with E-state index in [9.17, 15) is 20.1 Å². The first kappa shape index (κ1) is 25.4. The summed E-state index contributed by atoms with van der Waals surface area (Å²) < 4.78 is 4.72. The first-order valence-electron chi connectivity index (χ1n) is 9.47. The molecule has 0 aliphatic rings. The minimum absolute atomic E-state index is 0.0309. The third-order valence-corrected chi connectivity index (χ3v) is 4.46. The summed E-state index contributed by atoms with van der Waals surface area (Å²) in [7, 11) is 2.95. The zero-order chi connectivity index (χ0) is 24.3. The molecule has 0 radical (unpaired) electrons. The average Bonchev–Trinajstić information content (AvgIpc) is 2.79. The number of nitrogens with zero attached hydrogens (tertiary/aromatic N) is 5. The number of carbonyl (C=O) groups is 2. The molecule has 0 saturated heterocycles. The van der Waals surface area contributed by atoms with Crippen molar-refractivity contribution in [2.45, 2.75) is 19.9 Å². The van der Waals surface area contributed by atoms with Crippen LogP contribution in [0.2, 0.25) is 0 Å². The quantitative estimate of drug-likeness (QED) is 0.374. The summed E-state index contributed by atoms with van der Waals surface area (Å²) in [6, 6.07) is 12.7. The van der Waals surface area contributed by atoms with Crippen molar-refractivity contribution < 1.29 is 14.3 Å². The Morgan fingerprint density at radius 3 is 2.06 bits per heavy atom. The third kappa shape index (κ3) is 6.73. The summed E-state index contributed by atoms with van der Waals surface area (Å²) in [6.45, 7) is 3.56. The van der Waals surface area contributed by atoms with Crippen molar-refractivity contribution in [1.29, 1.82) is 21.0 Å². The number of hydrogen-bond acceptors (Lipinski definition) is 8. The number of anilines is 1. The zero-order valence-corrected chi connectivity index (χ0v) is 18.2. The fraction of sp³-hybridized carbons (Fsp3) is 0.304. The molecule has 0 aliphatic heterocycles. The molecular formula is C23H22N6O3. The van der Waals surface area contributed by atoms with E-state index in [1.807, 2.05) is 0 Å². The number of nitrogens with one attached hydrogen (secondary N) is 1. The van der Waals surface area contributed by atoms with E-state index in [4.69, 9.17) is 15.3 Å². The number of allylic oxidation sites excluding steroid dienone is 4. The highest BCUT2D eigenvalue weighted by molar-refractivity contribution is 5.87. The number of amides is 1. The lowest BCUT2D eigenvalue weighted by Gasteiger charge is -2.23. The van der Waals surface area contributed by atoms with Gasteiger partial charge in [0.05, 0.1) is 13.7 Å². The van der Waals surface area contributed by atoms with Crippen LogP contribution in [0, 0.1) is 51.2 Å². The van der Waals surface area contributed by atoms with Crippen LogP contribution >= 0.6 is 0 Å². The van der Waals surface area contributed by atoms with Gasteiger partial charge in [-0.15, -0.1) is 0 Å². The van der Waals surface area contributed by atoms with Gasteiger partial charge in [-0.25, -0.2) is 4.79 Å². The second-order valence-electron chi connectivity index (χ2n) is 7.01. The van der Waals surface area contributed by atoms with Crippen molar-refractivity contribution in [3.8, 4) is 24.3 Å². The molecule has 0 unspecified atom stereocenters. The van der Waals surface area contributed by atoms with E-state index in [0.717, 1.165) is 0 Å². The van der Waals surface area contributed by atoms with Crippen LogP contribution in [-0.4, -0.2) is 38.6 Å². The molecule has 9 nitrogen and oxygen atoms in total. The minimum Gasteiger partial charge on any atom is -0.467 e. The number of likely N-dealkylation sites (N-methyl/N-ethyl adjacent to an activating group) is 1. The van der Waals surface area contributed by atoms with Crippen molar-refractivity contribution in [2.75, 3.05) is 25.6 Å². The van der Waals surface area contributed by atoms with Crippen LogP contribution in [-0.2, 0) is 14.3 Å². The maximum atomic E-state index is 12.4. The molecule has 0 heterocycles. The van der Waals surface area contributed by atoms with Crippen LogP contribution < -0.4 is 10.2 Å². The molecule has 1 amide bonds. The van der Waals surface area contributed by atoms with Gasteiger partial charge < -0.3 is 15.0 Å². The third-order valence-electron chi connectivity index (χ3n) is 4.46. The molecular weight excluding hydrogens is 408 g/mol. The summed E-state index contributed by atoms with van der Waals surface area (Å²) in [4.78, 5) is 25.9. The van der Waals surface area contributed by atoms with Gasteiger partial charge in [0, 0.05) is 18.3 Å². The number of benzene rings is 1. The lowest BCUT2D eigenvalue weighted by molar-refractivity contribution is -0.146. The lowest BCUT2D eigenvalue weighted by atomic mass is 9.98. The standard InChI is InChI=1S/C23H22N6O3/c1-15(2)22(23(31)32-4)28-21(30)14-29(3)19-7-5-17(6-8-19)20(18(12-26)13-27)9-16(10-24)11-25/h5-9,15,22H,14H2,1-4H3,(H,28,30)/t22-/m0/s1. The molecule has 0 aromatic heterocycles. The Morgan fingerprint density at radius 1 is 1.06 bits per heavy atom. The van der Waals surface area contributed by atoms with Crippen molar-refractivity contribution in [2.24, 2.45) is 5.92 Å². The monoisotopic (exact) mass is 430 g/mol. The van der Waals surface area contributed by atoms with E-state index >= 15 is 0 Å². The molecule has 0 spiro atoms. The van der Waals surface area contributed by atoms with Crippen LogP contribution in [0.1, 0.15) is 19.4 Å². The molecule has 1 atom stereocenters. The molecule has 162 valence electrons. The number of rotatable bonds is 8. The number of nitriles is 4. The summed E-state index contributed by atoms with van der Waals surface area (Å²) in [5.74, 6) is -1.03. The van der Waals surface area contributed by atoms with Gasteiger partial charge in [0.2, 0.25) is 5.91 Å². The molecule has 1 aromatic rings. The highest BCUT2D eigenvalue weighted by Gasteiger charge is 2.25. The average molecular weight is 430 g/mol. The Kier molecular flexibility index (Phi) is 9.68. The van der Waals surface area contributed by atoms with E-state index in [1.165, 1.54) is 13.2 Å². The summed E-state index contributed by atoms with van der Waals surface area (Å²) >= 11 is 0. The normalized spacial score (nSPS) is 10.3. The Hall–Kier alpha value is -4.60. The Bertz CT molecular complexity index is 1060. The first-order valence-corrected chi connectivity index (χ1v) is 9.47. The Morgan fingerprint density at radius 2 is 1.62 bits per heavy atom. The topological polar surface area (TPSA) is 154 Å². The van der Waals surface area contributed by atoms with Crippen molar-refractivity contribution in [1.82, 2.24) is 5.32 Å². The number of esters is 1. The van der Waals surface area contributed by atoms with Gasteiger partial charge in [0.15, 0.2) is 0 Å². The molecule has 1 aromatic carbocycles. The van der Waals surface area contributed by atoms with Crippen LogP contribution in [0.25, 0.3) is 5.57 Å². The first-order chi connectivity index (χ1) is 15.2. The SMILES string of the molecule is COC(=O)[C@@H](NC(=O)CN(C)c1ccc(C(C=C(C#N)C#N)=C(C#N)C#N)cc1)C(C)C. The minimum atomic E-state index is -0.757. The number of hydrogen-bond donors (Lipinski definition) is 1. The van der Waals surface area contributed by atoms with E-state index in [-0.39, 0.29) is 35.1 Å². The van der Waals surface area contributed by atoms with Gasteiger partial charge in [0.25, 0.3) is 0 Å². The van der Waals surface area contributed by atoms with E-state index in [2.05, 4.69) is 5.32 Å². The van der Waals surface area contributed by atoms with Gasteiger partial charge in [-0.05, 0) is 29.7 Å². The predicted octanol–water partition coefficient (Wildman–Crippen LogP) is 2.21. The predicted molar refractivity (Wildman–Crippen MR) is 116 cm³/mol. The summed E-state index contributed by atoms with van der Waals surface area (Å²) in [5, 5.41) is 39.1. The van der Waals surface area contributed by atoms with Crippen LogP contribution in [0.5, 0.6) is 0 Å². The maximum Gasteiger partial charge on any atom is 0.328 e. The Balaban J connectivity index is 3.11. The molecule has 0 aliphatic carbocycles. The highest BCUT2D eigenvalue weighted by Crippen LogP contribution is 2.24. The van der Waals surface area contributed by atoms with Gasteiger partial charge in [-0.1, -0.05) is 26.0 Å². The maximum absolute atomic E-state index is 12.4. The smallest absolute Gasteiger partial charge is 0.328 e. The van der Waals surface area contributed by atoms with Crippen molar-refractivity contribution in [3.63, 3.8) is 0 Å². The van der Waals surface area contributed by atoms with Crippen LogP contribution in [0.3, 0.4) is 0 Å². The van der Waals surface area contributed by atoms with Gasteiger partial charge in [0.1, 0.15) is 41.5 Å². The molecule has 0 fully saturated rings. The number of ether oxygens (including phenoxy) is 1. The van der Waals surface area contributed by atoms with E-state index in [1.54, 1.807) is 74.3 Å². The van der Waals surface area contributed by atoms with Gasteiger partial charge in [-0.2, -0.15) is 21.0 Å². The molecule has 1 rings (SSSR count). The van der Waals surface area contributed by atoms with Crippen molar-refractivity contribution in [3.05, 3.63) is 47.1 Å². The second kappa shape index (κ2) is 12.2. The number of methoxy groups -OCH3 is 1. The molecule has 0 saturated carbocycles. The van der Waals surface area contributed by atoms with Gasteiger partial charge >= 0.3 is 5.97 Å². The summed E-state index contributed by atoms with van der Waals surface area (Å²) in [5.41, 5.74) is 0.779. The molecule has 1 N–H and O–H groups in total. The summed E-state index contributed by atoms with van der Waals surface area (Å²) in [6.07, 6.45) is 1.19. The van der Waals surface area contributed by atoms with Gasteiger partial charge in [-0.3, -0.25) is 4.79 Å². The second-order valence-corrected chi connectivity index (χ2v) is 7.01. The molecule has 32 heavy (non-hydrogen) atoms. The van der Waals surface area contributed by atoms with Crippen molar-refractivity contribution >= 4 is 23.1 Å². The van der Waals surface area contributed by atoms with Crippen LogP contribution in [0.15, 0.2) is 41.5 Å². The fourth-order valence-corrected chi connectivity index (χ4v) is 2.73. The highest BCUT2D eigenvalue weighted by atomic mass is 16.5. The fourth-order valence-electron chi connectivity index (χ4n) is 2.73. The largest absolute Gasteiger partial charge is 0.467 e.